The van der Waals surface area contributed by atoms with E-state index in [9.17, 15) is 9.59 Å². The molecule has 0 amide bonds. The molecule has 2 aromatic carbocycles. The van der Waals surface area contributed by atoms with E-state index >= 15 is 0 Å². The lowest BCUT2D eigenvalue weighted by atomic mass is 10.0. The second-order valence-corrected chi connectivity index (χ2v) is 9.12. The molecule has 2 heterocycles. The number of piperazine rings is 1. The standard InChI is InChI=1S/C25H29N3O3/c1-25(2,3)31-24(30)28-16-22(21-15-18(17-29)5-10-23(21)28)19-6-8-20(9-7-19)27-13-11-26(4)12-14-27/h5-10,15-17H,11-14H2,1-4H3. The fraction of sp³-hybridized carbons (Fsp3) is 0.360. The van der Waals surface area contributed by atoms with Crippen LogP contribution in [0, 0.1) is 0 Å². The molecule has 0 unspecified atom stereocenters. The molecule has 0 bridgehead atoms. The number of hydrogen-bond acceptors (Lipinski definition) is 5. The fourth-order valence-corrected chi connectivity index (χ4v) is 3.93. The van der Waals surface area contributed by atoms with Gasteiger partial charge in [-0.3, -0.25) is 9.36 Å². The monoisotopic (exact) mass is 419 g/mol. The lowest BCUT2D eigenvalue weighted by Gasteiger charge is -2.34. The third-order valence-corrected chi connectivity index (χ3v) is 5.60. The van der Waals surface area contributed by atoms with Crippen LogP contribution in [0.5, 0.6) is 0 Å². The van der Waals surface area contributed by atoms with Gasteiger partial charge >= 0.3 is 6.09 Å². The van der Waals surface area contributed by atoms with Gasteiger partial charge < -0.3 is 14.5 Å². The molecular weight excluding hydrogens is 390 g/mol. The minimum Gasteiger partial charge on any atom is -0.443 e. The van der Waals surface area contributed by atoms with Gasteiger partial charge in [0.2, 0.25) is 0 Å². The maximum absolute atomic E-state index is 12.8. The molecule has 1 saturated heterocycles. The predicted molar refractivity (Wildman–Crippen MR) is 124 cm³/mol. The Labute approximate surface area is 183 Å². The predicted octanol–water partition coefficient (Wildman–Crippen LogP) is 4.66. The lowest BCUT2D eigenvalue weighted by Crippen LogP contribution is -2.44. The van der Waals surface area contributed by atoms with Crippen LogP contribution in [-0.2, 0) is 4.74 Å². The van der Waals surface area contributed by atoms with Crippen molar-refractivity contribution >= 4 is 29.0 Å². The summed E-state index contributed by atoms with van der Waals surface area (Å²) in [4.78, 5) is 28.9. The van der Waals surface area contributed by atoms with Crippen LogP contribution in [-0.4, -0.2) is 60.7 Å². The van der Waals surface area contributed by atoms with E-state index in [-0.39, 0.29) is 0 Å². The highest BCUT2D eigenvalue weighted by atomic mass is 16.6. The van der Waals surface area contributed by atoms with Crippen LogP contribution >= 0.6 is 0 Å². The van der Waals surface area contributed by atoms with Crippen LogP contribution in [0.15, 0.2) is 48.7 Å². The molecule has 0 N–H and O–H groups in total. The van der Waals surface area contributed by atoms with Gasteiger partial charge in [-0.05, 0) is 63.7 Å². The first kappa shape index (κ1) is 21.1. The number of aromatic nitrogens is 1. The normalized spacial score (nSPS) is 15.3. The Morgan fingerprint density at radius 2 is 1.68 bits per heavy atom. The number of hydrogen-bond donors (Lipinski definition) is 0. The molecule has 4 rings (SSSR count). The first-order chi connectivity index (χ1) is 14.7. The van der Waals surface area contributed by atoms with Gasteiger partial charge in [-0.2, -0.15) is 0 Å². The zero-order chi connectivity index (χ0) is 22.2. The molecule has 1 aromatic heterocycles. The molecule has 0 radical (unpaired) electrons. The molecule has 6 nitrogen and oxygen atoms in total. The van der Waals surface area contributed by atoms with Gasteiger partial charge in [0.05, 0.1) is 5.52 Å². The van der Waals surface area contributed by atoms with Gasteiger partial charge in [-0.1, -0.05) is 12.1 Å². The molecule has 0 saturated carbocycles. The number of rotatable bonds is 3. The Kier molecular flexibility index (Phi) is 5.58. The average molecular weight is 420 g/mol. The van der Waals surface area contributed by atoms with Gasteiger partial charge in [-0.25, -0.2) is 4.79 Å². The third-order valence-electron chi connectivity index (χ3n) is 5.60. The molecule has 1 aliphatic heterocycles. The quantitative estimate of drug-likeness (QED) is 0.578. The van der Waals surface area contributed by atoms with Crippen LogP contribution in [0.4, 0.5) is 10.5 Å². The van der Waals surface area contributed by atoms with Crippen molar-refractivity contribution in [2.75, 3.05) is 38.1 Å². The topological polar surface area (TPSA) is 54.8 Å². The second-order valence-electron chi connectivity index (χ2n) is 9.12. The van der Waals surface area contributed by atoms with Crippen molar-refractivity contribution in [3.05, 3.63) is 54.2 Å². The summed E-state index contributed by atoms with van der Waals surface area (Å²) in [5, 5.41) is 0.850. The number of carbonyl (C=O) groups excluding carboxylic acids is 2. The van der Waals surface area contributed by atoms with E-state index in [1.54, 1.807) is 18.3 Å². The zero-order valence-corrected chi connectivity index (χ0v) is 18.6. The van der Waals surface area contributed by atoms with Crippen LogP contribution in [0.3, 0.4) is 0 Å². The minimum absolute atomic E-state index is 0.434. The number of anilines is 1. The molecular formula is C25H29N3O3. The highest BCUT2D eigenvalue weighted by Gasteiger charge is 2.22. The lowest BCUT2D eigenvalue weighted by molar-refractivity contribution is 0.0544. The molecule has 162 valence electrons. The Bertz CT molecular complexity index is 1100. The van der Waals surface area contributed by atoms with Gasteiger partial charge in [0.25, 0.3) is 0 Å². The first-order valence-corrected chi connectivity index (χ1v) is 10.6. The summed E-state index contributed by atoms with van der Waals surface area (Å²) in [5.74, 6) is 0. The average Bonchev–Trinajstić information content (AvgIpc) is 3.12. The summed E-state index contributed by atoms with van der Waals surface area (Å²) in [6.07, 6.45) is 2.19. The van der Waals surface area contributed by atoms with E-state index in [0.717, 1.165) is 54.5 Å². The number of likely N-dealkylation sites (N-methyl/N-ethyl adjacent to an activating group) is 1. The highest BCUT2D eigenvalue weighted by molar-refractivity contribution is 6.02. The van der Waals surface area contributed by atoms with E-state index in [1.165, 1.54) is 10.3 Å². The van der Waals surface area contributed by atoms with Crippen LogP contribution < -0.4 is 4.90 Å². The van der Waals surface area contributed by atoms with Crippen LogP contribution in [0.25, 0.3) is 22.0 Å². The van der Waals surface area contributed by atoms with Crippen molar-refractivity contribution in [1.82, 2.24) is 9.47 Å². The van der Waals surface area contributed by atoms with E-state index in [0.29, 0.717) is 5.56 Å². The SMILES string of the molecule is CN1CCN(c2ccc(-c3cn(C(=O)OC(C)(C)C)c4ccc(C=O)cc34)cc2)CC1. The number of ether oxygens (including phenoxy) is 1. The third kappa shape index (κ3) is 4.49. The summed E-state index contributed by atoms with van der Waals surface area (Å²) >= 11 is 0. The Morgan fingerprint density at radius 1 is 1.00 bits per heavy atom. The van der Waals surface area contributed by atoms with Crippen LogP contribution in [0.2, 0.25) is 0 Å². The van der Waals surface area contributed by atoms with Gasteiger partial charge in [0.1, 0.15) is 11.9 Å². The largest absolute Gasteiger partial charge is 0.443 e. The van der Waals surface area contributed by atoms with E-state index in [1.807, 2.05) is 26.8 Å². The van der Waals surface area contributed by atoms with Gasteiger partial charge in [0, 0.05) is 54.6 Å². The Balaban J connectivity index is 1.72. The number of nitrogens with zero attached hydrogens (tertiary/aromatic N) is 3. The Hall–Kier alpha value is -3.12. The number of fused-ring (bicyclic) bond motifs is 1. The summed E-state index contributed by atoms with van der Waals surface area (Å²) in [6, 6.07) is 13.8. The minimum atomic E-state index is -0.596. The van der Waals surface area contributed by atoms with E-state index in [4.69, 9.17) is 4.74 Å². The summed E-state index contributed by atoms with van der Waals surface area (Å²) in [6.45, 7) is 9.67. The molecule has 31 heavy (non-hydrogen) atoms. The summed E-state index contributed by atoms with van der Waals surface area (Å²) in [7, 11) is 2.15. The maximum atomic E-state index is 12.8. The van der Waals surface area contributed by atoms with Crippen LogP contribution in [0.1, 0.15) is 31.1 Å². The molecule has 0 aliphatic carbocycles. The summed E-state index contributed by atoms with van der Waals surface area (Å²) < 4.78 is 7.12. The Morgan fingerprint density at radius 3 is 2.29 bits per heavy atom. The first-order valence-electron chi connectivity index (χ1n) is 10.6. The van der Waals surface area contributed by atoms with E-state index < -0.39 is 11.7 Å². The van der Waals surface area contributed by atoms with Gasteiger partial charge in [0.15, 0.2) is 0 Å². The number of carbonyl (C=O) groups is 2. The highest BCUT2D eigenvalue weighted by Crippen LogP contribution is 2.33. The van der Waals surface area contributed by atoms with Gasteiger partial charge in [-0.15, -0.1) is 0 Å². The number of benzene rings is 2. The molecule has 3 aromatic rings. The van der Waals surface area contributed by atoms with Crippen molar-refractivity contribution in [2.24, 2.45) is 0 Å². The molecule has 6 heteroatoms. The maximum Gasteiger partial charge on any atom is 0.419 e. The second kappa shape index (κ2) is 8.19. The van der Waals surface area contributed by atoms with Crippen molar-refractivity contribution in [3.8, 4) is 11.1 Å². The fourth-order valence-electron chi connectivity index (χ4n) is 3.93. The van der Waals surface area contributed by atoms with Crippen molar-refractivity contribution in [3.63, 3.8) is 0 Å². The van der Waals surface area contributed by atoms with Crippen molar-refractivity contribution in [1.29, 1.82) is 0 Å². The van der Waals surface area contributed by atoms with Crippen molar-refractivity contribution < 1.29 is 14.3 Å². The molecule has 1 fully saturated rings. The molecule has 1 aliphatic rings. The zero-order valence-electron chi connectivity index (χ0n) is 18.6. The number of aldehydes is 1. The molecule has 0 atom stereocenters. The summed E-state index contributed by atoms with van der Waals surface area (Å²) in [5.41, 5.74) is 3.78. The molecule has 0 spiro atoms. The van der Waals surface area contributed by atoms with E-state index in [2.05, 4.69) is 41.1 Å². The smallest absolute Gasteiger partial charge is 0.419 e. The van der Waals surface area contributed by atoms with Crippen molar-refractivity contribution in [2.45, 2.75) is 26.4 Å².